The van der Waals surface area contributed by atoms with Crippen LogP contribution in [-0.4, -0.2) is 15.0 Å². The number of hydrogen-bond donors (Lipinski definition) is 0. The Labute approximate surface area is 352 Å². The van der Waals surface area contributed by atoms with E-state index in [9.17, 15) is 0 Å². The molecule has 1 aromatic heterocycles. The molecule has 11 rings (SSSR count). The minimum absolute atomic E-state index is 0.155. The lowest BCUT2D eigenvalue weighted by Crippen LogP contribution is -2.27. The average Bonchev–Trinajstić information content (AvgIpc) is 3.60. The molecule has 0 atom stereocenters. The molecule has 0 saturated heterocycles. The second kappa shape index (κ2) is 15.2. The van der Waals surface area contributed by atoms with Crippen LogP contribution in [0.15, 0.2) is 200 Å². The van der Waals surface area contributed by atoms with Crippen LogP contribution >= 0.6 is 0 Å². The van der Waals surface area contributed by atoms with Crippen LogP contribution in [0.1, 0.15) is 43.2 Å². The van der Waals surface area contributed by atoms with E-state index in [2.05, 4.69) is 176 Å². The van der Waals surface area contributed by atoms with Crippen molar-refractivity contribution >= 4 is 0 Å². The van der Waals surface area contributed by atoms with Crippen LogP contribution in [0.3, 0.4) is 0 Å². The van der Waals surface area contributed by atoms with E-state index >= 15 is 0 Å². The monoisotopic (exact) mass is 769 g/mol. The van der Waals surface area contributed by atoms with E-state index in [4.69, 9.17) is 15.0 Å². The first kappa shape index (κ1) is 35.9. The zero-order chi connectivity index (χ0) is 39.9. The fourth-order valence-electron chi connectivity index (χ4n) is 9.82. The molecule has 0 amide bonds. The predicted octanol–water partition coefficient (Wildman–Crippen LogP) is 14.8. The van der Waals surface area contributed by atoms with Crippen molar-refractivity contribution in [2.75, 3.05) is 0 Å². The van der Waals surface area contributed by atoms with Gasteiger partial charge in [-0.05, 0) is 97.8 Å². The molecule has 0 unspecified atom stereocenters. The summed E-state index contributed by atoms with van der Waals surface area (Å²) in [5.74, 6) is 1.93. The number of rotatable bonds is 7. The van der Waals surface area contributed by atoms with Gasteiger partial charge in [0.25, 0.3) is 0 Å². The molecule has 0 aliphatic heterocycles. The second-order valence-electron chi connectivity index (χ2n) is 16.3. The molecule has 0 N–H and O–H groups in total. The second-order valence-corrected chi connectivity index (χ2v) is 16.3. The van der Waals surface area contributed by atoms with Gasteiger partial charge in [-0.15, -0.1) is 0 Å². The first-order chi connectivity index (χ1) is 29.7. The number of hydrogen-bond acceptors (Lipinski definition) is 3. The summed E-state index contributed by atoms with van der Waals surface area (Å²) in [6.07, 6.45) is 6.43. The van der Waals surface area contributed by atoms with E-state index in [1.54, 1.807) is 0 Å². The Hall–Kier alpha value is -7.23. The maximum atomic E-state index is 5.10. The van der Waals surface area contributed by atoms with Crippen LogP contribution in [0.5, 0.6) is 0 Å². The summed E-state index contributed by atoms with van der Waals surface area (Å²) in [4.78, 5) is 15.2. The number of fused-ring (bicyclic) bond motifs is 5. The maximum absolute atomic E-state index is 5.10. The van der Waals surface area contributed by atoms with Gasteiger partial charge in [0.2, 0.25) is 0 Å². The largest absolute Gasteiger partial charge is 0.208 e. The highest BCUT2D eigenvalue weighted by atomic mass is 15.0. The highest BCUT2D eigenvalue weighted by molar-refractivity contribution is 5.93. The SMILES string of the molecule is c1ccc(-c2cccc(-c3nc(-c4ccccc4)nc(-c4cccc(-c5cccc(-c6ccc(-c7cccc8c7-c7ccccc7C87CCCCC7)cc6)c5)c4)n3)c2)cc1. The Bertz CT molecular complexity index is 3000. The van der Waals surface area contributed by atoms with E-state index in [-0.39, 0.29) is 5.41 Å². The van der Waals surface area contributed by atoms with Crippen molar-refractivity contribution in [1.82, 2.24) is 15.0 Å². The quantitative estimate of drug-likeness (QED) is 0.162. The Kier molecular flexibility index (Phi) is 9.08. The van der Waals surface area contributed by atoms with Crippen LogP contribution < -0.4 is 0 Å². The summed E-state index contributed by atoms with van der Waals surface area (Å²) >= 11 is 0. The number of benzene rings is 8. The zero-order valence-electron chi connectivity index (χ0n) is 33.4. The summed E-state index contributed by atoms with van der Waals surface area (Å²) in [6, 6.07) is 71.8. The van der Waals surface area contributed by atoms with Crippen LogP contribution in [0.25, 0.3) is 89.8 Å². The standard InChI is InChI=1S/C57H43N3/c1-4-16-39(17-5-1)44-21-13-24-47(37-44)55-58-54(42-18-6-2-7-19-42)59-56(60-55)48-25-14-23-46(38-48)45-22-12-20-43(36-45)40-30-32-41(33-31-40)49-27-15-29-52-53(49)50-26-8-9-28-51(50)57(52)34-10-3-11-35-57/h1-2,4-9,12-33,36-38H,3,10-11,34-35H2. The summed E-state index contributed by atoms with van der Waals surface area (Å²) < 4.78 is 0. The van der Waals surface area contributed by atoms with Crippen molar-refractivity contribution in [2.24, 2.45) is 0 Å². The first-order valence-electron chi connectivity index (χ1n) is 21.2. The van der Waals surface area contributed by atoms with E-state index in [0.29, 0.717) is 17.5 Å². The highest BCUT2D eigenvalue weighted by Gasteiger charge is 2.44. The topological polar surface area (TPSA) is 38.7 Å². The smallest absolute Gasteiger partial charge is 0.164 e. The molecule has 9 aromatic rings. The number of nitrogens with zero attached hydrogens (tertiary/aromatic N) is 3. The van der Waals surface area contributed by atoms with Crippen molar-refractivity contribution in [2.45, 2.75) is 37.5 Å². The van der Waals surface area contributed by atoms with Gasteiger partial charge in [0.05, 0.1) is 0 Å². The van der Waals surface area contributed by atoms with Gasteiger partial charge in [-0.25, -0.2) is 15.0 Å². The lowest BCUT2D eigenvalue weighted by molar-refractivity contribution is 0.353. The van der Waals surface area contributed by atoms with Crippen molar-refractivity contribution in [3.05, 3.63) is 211 Å². The summed E-state index contributed by atoms with van der Waals surface area (Å²) in [5, 5.41) is 0. The van der Waals surface area contributed by atoms with Gasteiger partial charge in [-0.3, -0.25) is 0 Å². The third-order valence-corrected chi connectivity index (χ3v) is 12.7. The molecule has 0 bridgehead atoms. The molecule has 8 aromatic carbocycles. The molecule has 286 valence electrons. The normalized spacial score (nSPS) is 13.8. The Morgan fingerprint density at radius 3 is 1.30 bits per heavy atom. The van der Waals surface area contributed by atoms with Gasteiger partial charge >= 0.3 is 0 Å². The van der Waals surface area contributed by atoms with Gasteiger partial charge in [0, 0.05) is 22.1 Å². The molecular weight excluding hydrogens is 727 g/mol. The minimum atomic E-state index is 0.155. The fourth-order valence-corrected chi connectivity index (χ4v) is 9.82. The molecule has 2 aliphatic carbocycles. The van der Waals surface area contributed by atoms with Crippen LogP contribution in [0.2, 0.25) is 0 Å². The Balaban J connectivity index is 0.925. The minimum Gasteiger partial charge on any atom is -0.208 e. The van der Waals surface area contributed by atoms with Crippen LogP contribution in [0, 0.1) is 0 Å². The maximum Gasteiger partial charge on any atom is 0.164 e. The highest BCUT2D eigenvalue weighted by Crippen LogP contribution is 2.57. The molecule has 1 heterocycles. The van der Waals surface area contributed by atoms with Gasteiger partial charge < -0.3 is 0 Å². The van der Waals surface area contributed by atoms with E-state index in [1.807, 2.05) is 24.3 Å². The van der Waals surface area contributed by atoms with E-state index < -0.39 is 0 Å². The molecule has 2 aliphatic rings. The van der Waals surface area contributed by atoms with E-state index in [1.165, 1.54) is 76.6 Å². The molecule has 0 radical (unpaired) electrons. The molecule has 1 spiro atoms. The lowest BCUT2D eigenvalue weighted by atomic mass is 9.68. The molecule has 1 saturated carbocycles. The Morgan fingerprint density at radius 1 is 0.283 bits per heavy atom. The summed E-state index contributed by atoms with van der Waals surface area (Å²) in [6.45, 7) is 0. The van der Waals surface area contributed by atoms with Crippen molar-refractivity contribution in [3.63, 3.8) is 0 Å². The molecule has 60 heavy (non-hydrogen) atoms. The van der Waals surface area contributed by atoms with Crippen molar-refractivity contribution in [1.29, 1.82) is 0 Å². The van der Waals surface area contributed by atoms with Crippen LogP contribution in [-0.2, 0) is 5.41 Å². The lowest BCUT2D eigenvalue weighted by Gasteiger charge is -2.36. The molecule has 1 fully saturated rings. The molecular formula is C57H43N3. The third kappa shape index (κ3) is 6.44. The van der Waals surface area contributed by atoms with Gasteiger partial charge in [0.1, 0.15) is 0 Å². The molecule has 3 heteroatoms. The third-order valence-electron chi connectivity index (χ3n) is 12.7. The van der Waals surface area contributed by atoms with E-state index in [0.717, 1.165) is 38.9 Å². The van der Waals surface area contributed by atoms with Crippen LogP contribution in [0.4, 0.5) is 0 Å². The van der Waals surface area contributed by atoms with Crippen molar-refractivity contribution < 1.29 is 0 Å². The van der Waals surface area contributed by atoms with Gasteiger partial charge in [0.15, 0.2) is 17.5 Å². The average molecular weight is 770 g/mol. The Morgan fingerprint density at radius 2 is 0.683 bits per heavy atom. The fraction of sp³-hybridized carbons (Fsp3) is 0.105. The summed E-state index contributed by atoms with van der Waals surface area (Å²) in [7, 11) is 0. The van der Waals surface area contributed by atoms with Crippen molar-refractivity contribution in [3.8, 4) is 89.8 Å². The first-order valence-corrected chi connectivity index (χ1v) is 21.2. The van der Waals surface area contributed by atoms with Gasteiger partial charge in [-0.1, -0.05) is 201 Å². The number of aromatic nitrogens is 3. The van der Waals surface area contributed by atoms with Gasteiger partial charge in [-0.2, -0.15) is 0 Å². The zero-order valence-corrected chi connectivity index (χ0v) is 33.4. The predicted molar refractivity (Wildman–Crippen MR) is 247 cm³/mol. The molecule has 3 nitrogen and oxygen atoms in total. The summed E-state index contributed by atoms with van der Waals surface area (Å²) in [5.41, 5.74) is 18.4.